The molecule has 0 fully saturated rings. The monoisotopic (exact) mass is 277 g/mol. The molecule has 2 rings (SSSR count). The molecule has 112 valence electrons. The van der Waals surface area contributed by atoms with Crippen LogP contribution in [-0.2, 0) is 6.42 Å². The van der Waals surface area contributed by atoms with Crippen LogP contribution in [0.3, 0.4) is 0 Å². The minimum atomic E-state index is -0.794. The van der Waals surface area contributed by atoms with Crippen LogP contribution < -0.4 is 10.1 Å². The zero-order chi connectivity index (χ0) is 14.6. The van der Waals surface area contributed by atoms with E-state index >= 15 is 0 Å². The van der Waals surface area contributed by atoms with Crippen LogP contribution in [0.1, 0.15) is 57.2 Å². The van der Waals surface area contributed by atoms with Gasteiger partial charge in [0.2, 0.25) is 0 Å². The number of ether oxygens (including phenoxy) is 1. The highest BCUT2D eigenvalue weighted by atomic mass is 16.5. The first kappa shape index (κ1) is 15.3. The smallest absolute Gasteiger partial charge is 0.122 e. The van der Waals surface area contributed by atoms with Crippen LogP contribution in [0.15, 0.2) is 18.2 Å². The van der Waals surface area contributed by atoms with E-state index in [1.165, 1.54) is 24.0 Å². The number of fused-ring (bicyclic) bond motifs is 1. The maximum absolute atomic E-state index is 9.81. The van der Waals surface area contributed by atoms with Crippen molar-refractivity contribution < 1.29 is 9.84 Å². The largest absolute Gasteiger partial charge is 0.490 e. The van der Waals surface area contributed by atoms with Gasteiger partial charge in [-0.25, -0.2) is 0 Å². The zero-order valence-electron chi connectivity index (χ0n) is 12.9. The maximum atomic E-state index is 9.81. The molecule has 1 unspecified atom stereocenters. The van der Waals surface area contributed by atoms with E-state index in [9.17, 15) is 5.11 Å². The highest BCUT2D eigenvalue weighted by molar-refractivity contribution is 5.43. The quantitative estimate of drug-likeness (QED) is 0.839. The first-order valence-corrected chi connectivity index (χ1v) is 7.71. The second-order valence-electron chi connectivity index (χ2n) is 6.32. The normalized spacial score (nSPS) is 18.7. The van der Waals surface area contributed by atoms with Crippen molar-refractivity contribution in [3.8, 4) is 5.75 Å². The van der Waals surface area contributed by atoms with Crippen LogP contribution in [0.25, 0.3) is 0 Å². The second-order valence-corrected chi connectivity index (χ2v) is 6.32. The fraction of sp³-hybridized carbons (Fsp3) is 0.647. The topological polar surface area (TPSA) is 41.5 Å². The minimum absolute atomic E-state index is 0.330. The Balaban J connectivity index is 2.15. The lowest BCUT2D eigenvalue weighted by molar-refractivity contribution is 0.0280. The van der Waals surface area contributed by atoms with Crippen LogP contribution in [-0.4, -0.2) is 23.9 Å². The predicted octanol–water partition coefficient (Wildman–Crippen LogP) is 3.21. The summed E-state index contributed by atoms with van der Waals surface area (Å²) < 4.78 is 5.84. The molecule has 0 heterocycles. The lowest BCUT2D eigenvalue weighted by Crippen LogP contribution is -2.29. The SMILES string of the molecule is CCCNC1CCCc2c(OCC(C)(C)O)cccc21. The first-order chi connectivity index (χ1) is 9.51. The summed E-state index contributed by atoms with van der Waals surface area (Å²) in [7, 11) is 0. The number of hydrogen-bond acceptors (Lipinski definition) is 3. The van der Waals surface area contributed by atoms with Crippen LogP contribution in [0.2, 0.25) is 0 Å². The molecule has 0 radical (unpaired) electrons. The van der Waals surface area contributed by atoms with Crippen molar-refractivity contribution in [2.75, 3.05) is 13.2 Å². The molecule has 1 aromatic rings. The zero-order valence-corrected chi connectivity index (χ0v) is 12.9. The summed E-state index contributed by atoms with van der Waals surface area (Å²) in [6.07, 6.45) is 4.61. The second kappa shape index (κ2) is 6.59. The molecule has 0 bridgehead atoms. The van der Waals surface area contributed by atoms with Gasteiger partial charge in [0.05, 0.1) is 5.60 Å². The van der Waals surface area contributed by atoms with Gasteiger partial charge < -0.3 is 15.2 Å². The van der Waals surface area contributed by atoms with Crippen LogP contribution in [0.4, 0.5) is 0 Å². The van der Waals surface area contributed by atoms with Gasteiger partial charge in [-0.2, -0.15) is 0 Å². The van der Waals surface area contributed by atoms with Crippen LogP contribution in [0, 0.1) is 0 Å². The van der Waals surface area contributed by atoms with Gasteiger partial charge in [0.25, 0.3) is 0 Å². The van der Waals surface area contributed by atoms with E-state index < -0.39 is 5.60 Å². The molecule has 3 nitrogen and oxygen atoms in total. The third-order valence-electron chi connectivity index (χ3n) is 3.69. The van der Waals surface area contributed by atoms with Crippen molar-refractivity contribution in [1.29, 1.82) is 0 Å². The molecule has 1 aromatic carbocycles. The molecule has 0 aliphatic heterocycles. The Hall–Kier alpha value is -1.06. The van der Waals surface area contributed by atoms with Crippen molar-refractivity contribution >= 4 is 0 Å². The van der Waals surface area contributed by atoms with E-state index in [1.807, 2.05) is 6.07 Å². The van der Waals surface area contributed by atoms with E-state index in [2.05, 4.69) is 24.4 Å². The molecule has 0 saturated heterocycles. The number of rotatable bonds is 6. The van der Waals surface area contributed by atoms with E-state index in [-0.39, 0.29) is 0 Å². The van der Waals surface area contributed by atoms with Gasteiger partial charge in [-0.15, -0.1) is 0 Å². The molecule has 0 aromatic heterocycles. The van der Waals surface area contributed by atoms with Crippen LogP contribution >= 0.6 is 0 Å². The molecule has 1 aliphatic carbocycles. The molecular weight excluding hydrogens is 250 g/mol. The van der Waals surface area contributed by atoms with Crippen molar-refractivity contribution in [3.63, 3.8) is 0 Å². The van der Waals surface area contributed by atoms with Gasteiger partial charge in [-0.1, -0.05) is 19.1 Å². The summed E-state index contributed by atoms with van der Waals surface area (Å²) in [6, 6.07) is 6.74. The van der Waals surface area contributed by atoms with E-state index in [4.69, 9.17) is 4.74 Å². The molecular formula is C17H27NO2. The molecule has 3 heteroatoms. The summed E-state index contributed by atoms with van der Waals surface area (Å²) in [5, 5.41) is 13.4. The minimum Gasteiger partial charge on any atom is -0.490 e. The Labute approximate surface area is 122 Å². The number of aliphatic hydroxyl groups is 1. The number of nitrogens with one attached hydrogen (secondary N) is 1. The molecule has 1 aliphatic rings. The average molecular weight is 277 g/mol. The highest BCUT2D eigenvalue weighted by Crippen LogP contribution is 2.35. The Bertz CT molecular complexity index is 437. The summed E-state index contributed by atoms with van der Waals surface area (Å²) in [6.45, 7) is 7.12. The molecule has 0 amide bonds. The number of benzene rings is 1. The highest BCUT2D eigenvalue weighted by Gasteiger charge is 2.23. The third-order valence-corrected chi connectivity index (χ3v) is 3.69. The van der Waals surface area contributed by atoms with E-state index in [0.717, 1.165) is 25.1 Å². The molecule has 2 N–H and O–H groups in total. The van der Waals surface area contributed by atoms with Gasteiger partial charge >= 0.3 is 0 Å². The first-order valence-electron chi connectivity index (χ1n) is 7.71. The predicted molar refractivity (Wildman–Crippen MR) is 82.2 cm³/mol. The van der Waals surface area contributed by atoms with Crippen molar-refractivity contribution in [2.45, 2.75) is 58.1 Å². The van der Waals surface area contributed by atoms with Gasteiger partial charge in [-0.3, -0.25) is 0 Å². The lowest BCUT2D eigenvalue weighted by Gasteiger charge is -2.29. The third kappa shape index (κ3) is 3.97. The fourth-order valence-corrected chi connectivity index (χ4v) is 2.74. The van der Waals surface area contributed by atoms with E-state index in [0.29, 0.717) is 12.6 Å². The van der Waals surface area contributed by atoms with Crippen molar-refractivity contribution in [2.24, 2.45) is 0 Å². The Morgan fingerprint density at radius 2 is 2.20 bits per heavy atom. The average Bonchev–Trinajstić information content (AvgIpc) is 2.42. The molecule has 0 spiro atoms. The van der Waals surface area contributed by atoms with E-state index in [1.54, 1.807) is 13.8 Å². The Kier molecular flexibility index (Phi) is 5.06. The fourth-order valence-electron chi connectivity index (χ4n) is 2.74. The summed E-state index contributed by atoms with van der Waals surface area (Å²) in [5.41, 5.74) is 1.90. The summed E-state index contributed by atoms with van der Waals surface area (Å²) in [4.78, 5) is 0. The summed E-state index contributed by atoms with van der Waals surface area (Å²) in [5.74, 6) is 0.938. The Morgan fingerprint density at radius 3 is 2.90 bits per heavy atom. The number of hydrogen-bond donors (Lipinski definition) is 2. The van der Waals surface area contributed by atoms with Gasteiger partial charge in [0.1, 0.15) is 12.4 Å². The maximum Gasteiger partial charge on any atom is 0.122 e. The van der Waals surface area contributed by atoms with Gasteiger partial charge in [0.15, 0.2) is 0 Å². The van der Waals surface area contributed by atoms with Crippen molar-refractivity contribution in [1.82, 2.24) is 5.32 Å². The van der Waals surface area contributed by atoms with Crippen molar-refractivity contribution in [3.05, 3.63) is 29.3 Å². The molecule has 1 atom stereocenters. The summed E-state index contributed by atoms with van der Waals surface area (Å²) >= 11 is 0. The standard InChI is InChI=1S/C17H27NO2/c1-4-11-18-15-9-5-8-14-13(15)7-6-10-16(14)20-12-17(2,3)19/h6-7,10,15,18-19H,4-5,8-9,11-12H2,1-3H3. The van der Waals surface area contributed by atoms with Crippen LogP contribution in [0.5, 0.6) is 5.75 Å². The van der Waals surface area contributed by atoms with Gasteiger partial charge in [0, 0.05) is 6.04 Å². The lowest BCUT2D eigenvalue weighted by atomic mass is 9.87. The Morgan fingerprint density at radius 1 is 1.40 bits per heavy atom. The molecule has 20 heavy (non-hydrogen) atoms. The molecule has 0 saturated carbocycles. The van der Waals surface area contributed by atoms with Gasteiger partial charge in [-0.05, 0) is 63.3 Å².